The molecule has 0 atom stereocenters. The maximum atomic E-state index is 12.8. The van der Waals surface area contributed by atoms with Crippen molar-refractivity contribution in [3.05, 3.63) is 59.7 Å². The molecule has 0 aliphatic carbocycles. The molecule has 2 N–H and O–H groups in total. The molecule has 0 radical (unpaired) electrons. The van der Waals surface area contributed by atoms with Crippen molar-refractivity contribution in [3.63, 3.8) is 0 Å². The number of nitrogens with two attached hydrogens (primary N) is 1. The van der Waals surface area contributed by atoms with E-state index in [2.05, 4.69) is 0 Å². The summed E-state index contributed by atoms with van der Waals surface area (Å²) >= 11 is 0. The van der Waals surface area contributed by atoms with Crippen LogP contribution >= 0.6 is 0 Å². The topological polar surface area (TPSA) is 80.5 Å². The van der Waals surface area contributed by atoms with Gasteiger partial charge in [-0.1, -0.05) is 18.2 Å². The average Bonchev–Trinajstić information content (AvgIpc) is 2.53. The number of alkyl halides is 3. The van der Waals surface area contributed by atoms with E-state index < -0.39 is 32.6 Å². The Labute approximate surface area is 136 Å². The second-order valence-electron chi connectivity index (χ2n) is 4.88. The molecule has 0 fully saturated rings. The lowest BCUT2D eigenvalue weighted by Gasteiger charge is -2.22. The van der Waals surface area contributed by atoms with Crippen molar-refractivity contribution >= 4 is 21.6 Å². The number of halogens is 3. The van der Waals surface area contributed by atoms with E-state index >= 15 is 0 Å². The number of amides is 1. The Balaban J connectivity index is 2.54. The van der Waals surface area contributed by atoms with Crippen LogP contribution in [0.15, 0.2) is 53.4 Å². The minimum absolute atomic E-state index is 0.0255. The van der Waals surface area contributed by atoms with E-state index in [1.807, 2.05) is 0 Å². The normalized spacial score (nSPS) is 12.0. The summed E-state index contributed by atoms with van der Waals surface area (Å²) in [4.78, 5) is 10.9. The van der Waals surface area contributed by atoms with E-state index in [1.165, 1.54) is 24.3 Å². The van der Waals surface area contributed by atoms with Crippen molar-refractivity contribution in [2.45, 2.75) is 11.1 Å². The third-order valence-corrected chi connectivity index (χ3v) is 5.10. The third kappa shape index (κ3) is 3.35. The molecule has 9 heteroatoms. The first-order valence-electron chi connectivity index (χ1n) is 6.60. The van der Waals surface area contributed by atoms with Crippen LogP contribution in [0.5, 0.6) is 0 Å². The fourth-order valence-electron chi connectivity index (χ4n) is 2.08. The molecule has 24 heavy (non-hydrogen) atoms. The smallest absolute Gasteiger partial charge is 0.366 e. The first-order valence-corrected chi connectivity index (χ1v) is 8.04. The first kappa shape index (κ1) is 17.8. The molecular weight excluding hydrogens is 345 g/mol. The van der Waals surface area contributed by atoms with Crippen LogP contribution in [0.25, 0.3) is 0 Å². The monoisotopic (exact) mass is 358 g/mol. The Morgan fingerprint density at radius 1 is 1.08 bits per heavy atom. The highest BCUT2D eigenvalue weighted by atomic mass is 32.2. The molecule has 2 aromatic carbocycles. The number of hydrogen-bond acceptors (Lipinski definition) is 3. The lowest BCUT2D eigenvalue weighted by molar-refractivity contribution is -0.137. The number of primary amides is 1. The van der Waals surface area contributed by atoms with Crippen molar-refractivity contribution in [1.82, 2.24) is 0 Å². The van der Waals surface area contributed by atoms with Crippen molar-refractivity contribution in [3.8, 4) is 0 Å². The molecule has 1 amide bonds. The Hall–Kier alpha value is -2.55. The number of carbonyl (C=O) groups is 1. The van der Waals surface area contributed by atoms with E-state index in [0.717, 1.165) is 29.6 Å². The summed E-state index contributed by atoms with van der Waals surface area (Å²) in [6.07, 6.45) is -4.67. The minimum Gasteiger partial charge on any atom is -0.366 e. The highest BCUT2D eigenvalue weighted by Crippen LogP contribution is 2.32. The number of rotatable bonds is 4. The van der Waals surface area contributed by atoms with Gasteiger partial charge in [-0.3, -0.25) is 9.10 Å². The zero-order valence-corrected chi connectivity index (χ0v) is 13.2. The molecule has 128 valence electrons. The van der Waals surface area contributed by atoms with Crippen molar-refractivity contribution < 1.29 is 26.4 Å². The van der Waals surface area contributed by atoms with Crippen LogP contribution < -0.4 is 10.0 Å². The van der Waals surface area contributed by atoms with Gasteiger partial charge in [0.25, 0.3) is 15.9 Å². The summed E-state index contributed by atoms with van der Waals surface area (Å²) in [6.45, 7) is 0. The number of carbonyl (C=O) groups excluding carboxylic acids is 1. The van der Waals surface area contributed by atoms with Crippen LogP contribution in [0.3, 0.4) is 0 Å². The van der Waals surface area contributed by atoms with Crippen LogP contribution in [0, 0.1) is 0 Å². The number of benzene rings is 2. The Morgan fingerprint density at radius 2 is 1.71 bits per heavy atom. The third-order valence-electron chi connectivity index (χ3n) is 3.33. The standard InChI is InChI=1S/C15H13F3N2O3S/c1-20(13-8-3-2-7-12(13)14(19)21)24(22,23)11-6-4-5-10(9-11)15(16,17)18/h2-9H,1H3,(H2,19,21). The Kier molecular flexibility index (Phi) is 4.57. The predicted octanol–water partition coefficient (Wildman–Crippen LogP) is 2.63. The summed E-state index contributed by atoms with van der Waals surface area (Å²) in [5, 5.41) is 0. The molecule has 0 bridgehead atoms. The summed E-state index contributed by atoms with van der Waals surface area (Å²) in [5.41, 5.74) is 4.04. The maximum Gasteiger partial charge on any atom is 0.416 e. The molecule has 0 aliphatic rings. The van der Waals surface area contributed by atoms with E-state index in [-0.39, 0.29) is 11.3 Å². The maximum absolute atomic E-state index is 12.8. The summed E-state index contributed by atoms with van der Waals surface area (Å²) in [7, 11) is -3.17. The minimum atomic E-state index is -4.67. The van der Waals surface area contributed by atoms with Crippen molar-refractivity contribution in [1.29, 1.82) is 0 Å². The van der Waals surface area contributed by atoms with Crippen LogP contribution in [0.1, 0.15) is 15.9 Å². The van der Waals surface area contributed by atoms with Crippen LogP contribution in [0.2, 0.25) is 0 Å². The van der Waals surface area contributed by atoms with Crippen LogP contribution in [-0.2, 0) is 16.2 Å². The number of sulfonamides is 1. The molecule has 0 saturated heterocycles. The SMILES string of the molecule is CN(c1ccccc1C(N)=O)S(=O)(=O)c1cccc(C(F)(F)F)c1. The van der Waals surface area contributed by atoms with Gasteiger partial charge in [-0.05, 0) is 30.3 Å². The van der Waals surface area contributed by atoms with Crippen LogP contribution in [-0.4, -0.2) is 21.4 Å². The molecular formula is C15H13F3N2O3S. The highest BCUT2D eigenvalue weighted by molar-refractivity contribution is 7.92. The molecule has 0 aliphatic heterocycles. The highest BCUT2D eigenvalue weighted by Gasteiger charge is 2.32. The van der Waals surface area contributed by atoms with E-state index in [1.54, 1.807) is 0 Å². The Bertz CT molecular complexity index is 880. The largest absolute Gasteiger partial charge is 0.416 e. The number of anilines is 1. The van der Waals surface area contributed by atoms with Gasteiger partial charge >= 0.3 is 6.18 Å². The van der Waals surface area contributed by atoms with Crippen molar-refractivity contribution in [2.75, 3.05) is 11.4 Å². The van der Waals surface area contributed by atoms with Crippen molar-refractivity contribution in [2.24, 2.45) is 5.73 Å². The van der Waals surface area contributed by atoms with E-state index in [0.29, 0.717) is 6.07 Å². The lowest BCUT2D eigenvalue weighted by atomic mass is 10.2. The quantitative estimate of drug-likeness (QED) is 0.912. The van der Waals surface area contributed by atoms with E-state index in [9.17, 15) is 26.4 Å². The molecule has 0 unspecified atom stereocenters. The van der Waals surface area contributed by atoms with E-state index in [4.69, 9.17) is 5.73 Å². The second kappa shape index (κ2) is 6.16. The van der Waals surface area contributed by atoms with Gasteiger partial charge in [-0.25, -0.2) is 8.42 Å². The number of para-hydroxylation sites is 1. The van der Waals surface area contributed by atoms with Gasteiger partial charge in [0.15, 0.2) is 0 Å². The van der Waals surface area contributed by atoms with Gasteiger partial charge in [0.2, 0.25) is 0 Å². The average molecular weight is 358 g/mol. The van der Waals surface area contributed by atoms with Gasteiger partial charge in [0.05, 0.1) is 21.7 Å². The zero-order valence-electron chi connectivity index (χ0n) is 12.4. The molecule has 5 nitrogen and oxygen atoms in total. The lowest BCUT2D eigenvalue weighted by Crippen LogP contribution is -2.29. The fraction of sp³-hybridized carbons (Fsp3) is 0.133. The summed E-state index contributed by atoms with van der Waals surface area (Å²) < 4.78 is 64.3. The van der Waals surface area contributed by atoms with Gasteiger partial charge in [0.1, 0.15) is 0 Å². The van der Waals surface area contributed by atoms with Gasteiger partial charge in [-0.2, -0.15) is 13.2 Å². The summed E-state index contributed by atoms with van der Waals surface area (Å²) in [5.74, 6) is -0.850. The van der Waals surface area contributed by atoms with Gasteiger partial charge < -0.3 is 5.73 Å². The number of nitrogens with zero attached hydrogens (tertiary/aromatic N) is 1. The van der Waals surface area contributed by atoms with Crippen LogP contribution in [0.4, 0.5) is 18.9 Å². The molecule has 2 aromatic rings. The van der Waals surface area contributed by atoms with Gasteiger partial charge in [0, 0.05) is 7.05 Å². The first-order chi connectivity index (χ1) is 11.0. The second-order valence-corrected chi connectivity index (χ2v) is 6.85. The molecule has 2 rings (SSSR count). The molecule has 0 aromatic heterocycles. The zero-order chi connectivity index (χ0) is 18.1. The predicted molar refractivity (Wildman–Crippen MR) is 82.0 cm³/mol. The number of hydrogen-bond donors (Lipinski definition) is 1. The summed E-state index contributed by atoms with van der Waals surface area (Å²) in [6, 6.07) is 9.02. The fourth-order valence-corrected chi connectivity index (χ4v) is 3.34. The molecule has 0 spiro atoms. The van der Waals surface area contributed by atoms with Gasteiger partial charge in [-0.15, -0.1) is 0 Å². The molecule has 0 saturated carbocycles. The molecule has 0 heterocycles. The Morgan fingerprint density at radius 3 is 2.29 bits per heavy atom.